The molecule has 15 unspecified atom stereocenters. The lowest BCUT2D eigenvalue weighted by molar-refractivity contribution is -0.393. The molecule has 3 heterocycles. The van der Waals surface area contributed by atoms with E-state index in [0.29, 0.717) is 0 Å². The van der Waals surface area contributed by atoms with Gasteiger partial charge in [0.25, 0.3) is 0 Å². The van der Waals surface area contributed by atoms with Crippen LogP contribution in [0.1, 0.15) is 6.42 Å². The summed E-state index contributed by atoms with van der Waals surface area (Å²) in [6.07, 6.45) is -25.7. The fourth-order valence-corrected chi connectivity index (χ4v) is 4.50. The molecule has 3 aliphatic heterocycles. The molecule has 3 saturated heterocycles. The Balaban J connectivity index is 1.85. The summed E-state index contributed by atoms with van der Waals surface area (Å²) in [5.41, 5.74) is 0. The van der Waals surface area contributed by atoms with Crippen molar-refractivity contribution in [3.05, 3.63) is 0 Å². The van der Waals surface area contributed by atoms with E-state index in [4.69, 9.17) is 28.4 Å². The second kappa shape index (κ2) is 14.8. The van der Waals surface area contributed by atoms with Crippen molar-refractivity contribution in [2.45, 2.75) is 98.5 Å². The van der Waals surface area contributed by atoms with Crippen LogP contribution in [0.4, 0.5) is 0 Å². The Hall–Kier alpha value is -1.17. The minimum Gasteiger partial charge on any atom is -0.469 e. The van der Waals surface area contributed by atoms with Gasteiger partial charge in [-0.2, -0.15) is 0 Å². The van der Waals surface area contributed by atoms with Gasteiger partial charge in [-0.3, -0.25) is 4.79 Å². The van der Waals surface area contributed by atoms with Crippen molar-refractivity contribution >= 4 is 5.97 Å². The van der Waals surface area contributed by atoms with Crippen LogP contribution in [0.25, 0.3) is 0 Å². The predicted octanol–water partition coefficient (Wildman–Crippen LogP) is -6.99. The minimum atomic E-state index is -1.91. The molecule has 40 heavy (non-hydrogen) atoms. The number of aliphatic hydroxyl groups excluding tert-OH is 10. The van der Waals surface area contributed by atoms with Crippen LogP contribution in [-0.2, 0) is 38.0 Å². The molecule has 0 spiro atoms. The van der Waals surface area contributed by atoms with Crippen LogP contribution in [0, 0.1) is 0 Å². The molecule has 18 nitrogen and oxygen atoms in total. The van der Waals surface area contributed by atoms with Crippen molar-refractivity contribution < 1.29 is 89.0 Å². The number of ether oxygens (including phenoxy) is 7. The average molecular weight is 591 g/mol. The molecule has 234 valence electrons. The SMILES string of the molecule is COC(=O)CCOC1OC(CO)C(O)C(O)C1OC1OC(CO)C(O)C(O)C1OC1OC(CO)C(O)C(O)C1O. The molecule has 18 heteroatoms. The lowest BCUT2D eigenvalue weighted by atomic mass is 9.96. The Kier molecular flexibility index (Phi) is 12.4. The summed E-state index contributed by atoms with van der Waals surface area (Å²) < 4.78 is 37.6. The van der Waals surface area contributed by atoms with Crippen molar-refractivity contribution in [2.75, 3.05) is 33.5 Å². The van der Waals surface area contributed by atoms with Gasteiger partial charge in [-0.05, 0) is 0 Å². The van der Waals surface area contributed by atoms with Gasteiger partial charge >= 0.3 is 5.97 Å². The first-order valence-electron chi connectivity index (χ1n) is 12.5. The van der Waals surface area contributed by atoms with E-state index in [9.17, 15) is 55.9 Å². The standard InChI is InChI=1S/C22H38O18/c1-34-10(26)2-3-35-21-18(15(31)12(28)8(5-24)37-21)40-22-19(16(32)13(29)9(6-25)38-22)39-20-17(33)14(30)11(27)7(4-23)36-20/h7-9,11-25,27-33H,2-6H2,1H3. The maximum Gasteiger partial charge on any atom is 0.307 e. The molecular formula is C22H38O18. The number of carbonyl (C=O) groups is 1. The summed E-state index contributed by atoms with van der Waals surface area (Å²) in [4.78, 5) is 11.5. The molecule has 0 aromatic carbocycles. The molecule has 0 aromatic heterocycles. The van der Waals surface area contributed by atoms with Crippen molar-refractivity contribution in [1.82, 2.24) is 0 Å². The Bertz CT molecular complexity index is 787. The van der Waals surface area contributed by atoms with Gasteiger partial charge in [0.1, 0.15) is 73.2 Å². The molecule has 0 bridgehead atoms. The second-order valence-corrected chi connectivity index (χ2v) is 9.51. The summed E-state index contributed by atoms with van der Waals surface area (Å²) in [6.45, 7) is -2.65. The number of rotatable bonds is 11. The zero-order chi connectivity index (χ0) is 29.7. The van der Waals surface area contributed by atoms with Crippen LogP contribution in [-0.4, -0.2) is 183 Å². The van der Waals surface area contributed by atoms with Crippen LogP contribution in [0.2, 0.25) is 0 Å². The Labute approximate surface area is 227 Å². The number of methoxy groups -OCH3 is 1. The molecule has 0 amide bonds. The summed E-state index contributed by atoms with van der Waals surface area (Å²) in [7, 11) is 1.15. The molecule has 0 aromatic rings. The topological polar surface area (TPSA) is 284 Å². The highest BCUT2D eigenvalue weighted by atomic mass is 16.8. The van der Waals surface area contributed by atoms with Gasteiger partial charge in [0.2, 0.25) is 0 Å². The van der Waals surface area contributed by atoms with Crippen LogP contribution in [0.15, 0.2) is 0 Å². The fourth-order valence-electron chi connectivity index (χ4n) is 4.50. The Morgan fingerprint density at radius 1 is 0.600 bits per heavy atom. The van der Waals surface area contributed by atoms with E-state index < -0.39 is 118 Å². The van der Waals surface area contributed by atoms with Gasteiger partial charge in [0.15, 0.2) is 18.9 Å². The van der Waals surface area contributed by atoms with Gasteiger partial charge in [0, 0.05) is 0 Å². The number of hydrogen-bond acceptors (Lipinski definition) is 18. The molecule has 0 aliphatic carbocycles. The van der Waals surface area contributed by atoms with E-state index in [2.05, 4.69) is 4.74 Å². The monoisotopic (exact) mass is 590 g/mol. The first kappa shape index (κ1) is 33.3. The van der Waals surface area contributed by atoms with E-state index >= 15 is 0 Å². The number of carbonyl (C=O) groups excluding carboxylic acids is 1. The summed E-state index contributed by atoms with van der Waals surface area (Å²) in [5, 5.41) is 101. The van der Waals surface area contributed by atoms with Gasteiger partial charge in [-0.1, -0.05) is 0 Å². The molecule has 3 aliphatic rings. The zero-order valence-electron chi connectivity index (χ0n) is 21.4. The van der Waals surface area contributed by atoms with Crippen molar-refractivity contribution in [3.8, 4) is 0 Å². The van der Waals surface area contributed by atoms with E-state index in [0.717, 1.165) is 7.11 Å². The van der Waals surface area contributed by atoms with Crippen molar-refractivity contribution in [3.63, 3.8) is 0 Å². The average Bonchev–Trinajstić information content (AvgIpc) is 2.95. The second-order valence-electron chi connectivity index (χ2n) is 9.51. The smallest absolute Gasteiger partial charge is 0.307 e. The molecule has 15 atom stereocenters. The highest BCUT2D eigenvalue weighted by molar-refractivity contribution is 5.69. The summed E-state index contributed by atoms with van der Waals surface area (Å²) >= 11 is 0. The van der Waals surface area contributed by atoms with Crippen LogP contribution >= 0.6 is 0 Å². The number of hydrogen-bond donors (Lipinski definition) is 10. The fraction of sp³-hybridized carbons (Fsp3) is 0.955. The third kappa shape index (κ3) is 7.24. The first-order valence-corrected chi connectivity index (χ1v) is 12.5. The van der Waals surface area contributed by atoms with Crippen molar-refractivity contribution in [1.29, 1.82) is 0 Å². The van der Waals surface area contributed by atoms with Gasteiger partial charge in [-0.15, -0.1) is 0 Å². The Morgan fingerprint density at radius 2 is 1.02 bits per heavy atom. The molecule has 0 saturated carbocycles. The highest BCUT2D eigenvalue weighted by Crippen LogP contribution is 2.33. The highest BCUT2D eigenvalue weighted by Gasteiger charge is 2.54. The van der Waals surface area contributed by atoms with Gasteiger partial charge in [0.05, 0.1) is 40.0 Å². The number of esters is 1. The number of aliphatic hydroxyl groups is 10. The lowest BCUT2D eigenvalue weighted by Gasteiger charge is -2.48. The largest absolute Gasteiger partial charge is 0.469 e. The zero-order valence-corrected chi connectivity index (χ0v) is 21.4. The van der Waals surface area contributed by atoms with Crippen LogP contribution < -0.4 is 0 Å². The van der Waals surface area contributed by atoms with E-state index in [1.54, 1.807) is 0 Å². The minimum absolute atomic E-state index is 0.244. The molecular weight excluding hydrogens is 552 g/mol. The van der Waals surface area contributed by atoms with E-state index in [1.165, 1.54) is 0 Å². The third-order valence-corrected chi connectivity index (χ3v) is 6.90. The van der Waals surface area contributed by atoms with Gasteiger partial charge in [-0.25, -0.2) is 0 Å². The molecule has 10 N–H and O–H groups in total. The molecule has 3 fully saturated rings. The molecule has 3 rings (SSSR count). The maximum absolute atomic E-state index is 11.5. The van der Waals surface area contributed by atoms with E-state index in [-0.39, 0.29) is 13.0 Å². The summed E-state index contributed by atoms with van der Waals surface area (Å²) in [6, 6.07) is 0. The predicted molar refractivity (Wildman–Crippen MR) is 122 cm³/mol. The van der Waals surface area contributed by atoms with Crippen molar-refractivity contribution in [2.24, 2.45) is 0 Å². The Morgan fingerprint density at radius 3 is 1.52 bits per heavy atom. The molecule has 0 radical (unpaired) electrons. The maximum atomic E-state index is 11.5. The first-order chi connectivity index (χ1) is 19.0. The summed E-state index contributed by atoms with van der Waals surface area (Å²) in [5.74, 6) is -0.640. The van der Waals surface area contributed by atoms with Gasteiger partial charge < -0.3 is 84.2 Å². The normalized spacial score (nSPS) is 46.2. The lowest BCUT2D eigenvalue weighted by Crippen LogP contribution is -2.67. The van der Waals surface area contributed by atoms with Crippen LogP contribution in [0.3, 0.4) is 0 Å². The van der Waals surface area contributed by atoms with Crippen LogP contribution in [0.5, 0.6) is 0 Å². The third-order valence-electron chi connectivity index (χ3n) is 6.90. The quantitative estimate of drug-likeness (QED) is 0.100. The van der Waals surface area contributed by atoms with E-state index in [1.807, 2.05) is 0 Å².